The van der Waals surface area contributed by atoms with Gasteiger partial charge in [-0.15, -0.1) is 5.10 Å². The van der Waals surface area contributed by atoms with Crippen LogP contribution in [0.5, 0.6) is 0 Å². The SMILES string of the molecule is O=C(c1cc2ccccc2[nH]1)N1CCN(Cc2nnnn2-c2ccc(C(F)(F)F)cc2)CC1. The fourth-order valence-electron chi connectivity index (χ4n) is 3.96. The van der Waals surface area contributed by atoms with Gasteiger partial charge in [-0.2, -0.15) is 17.9 Å². The van der Waals surface area contributed by atoms with E-state index >= 15 is 0 Å². The van der Waals surface area contributed by atoms with E-state index in [1.807, 2.05) is 30.3 Å². The maximum absolute atomic E-state index is 12.9. The summed E-state index contributed by atoms with van der Waals surface area (Å²) >= 11 is 0. The summed E-state index contributed by atoms with van der Waals surface area (Å²) in [4.78, 5) is 20.0. The molecule has 2 aromatic carbocycles. The zero-order chi connectivity index (χ0) is 23.0. The van der Waals surface area contributed by atoms with E-state index in [-0.39, 0.29) is 5.91 Å². The molecule has 0 saturated carbocycles. The lowest BCUT2D eigenvalue weighted by molar-refractivity contribution is -0.137. The van der Waals surface area contributed by atoms with Crippen molar-refractivity contribution in [3.8, 4) is 5.69 Å². The van der Waals surface area contributed by atoms with Crippen LogP contribution in [0.15, 0.2) is 54.6 Å². The summed E-state index contributed by atoms with van der Waals surface area (Å²) in [5.74, 6) is 0.477. The molecule has 1 N–H and O–H groups in total. The van der Waals surface area contributed by atoms with E-state index in [1.165, 1.54) is 16.8 Å². The minimum atomic E-state index is -4.40. The highest BCUT2D eigenvalue weighted by molar-refractivity contribution is 5.98. The van der Waals surface area contributed by atoms with Gasteiger partial charge in [0.15, 0.2) is 5.82 Å². The second-order valence-corrected chi connectivity index (χ2v) is 7.89. The largest absolute Gasteiger partial charge is 0.416 e. The molecule has 11 heteroatoms. The van der Waals surface area contributed by atoms with Crippen molar-refractivity contribution in [2.45, 2.75) is 12.7 Å². The summed E-state index contributed by atoms with van der Waals surface area (Å²) in [5, 5.41) is 12.6. The van der Waals surface area contributed by atoms with E-state index in [4.69, 9.17) is 0 Å². The maximum atomic E-state index is 12.9. The molecule has 1 aliphatic rings. The molecule has 0 radical (unpaired) electrons. The molecular formula is C22H20F3N7O. The van der Waals surface area contributed by atoms with Crippen molar-refractivity contribution >= 4 is 16.8 Å². The van der Waals surface area contributed by atoms with Crippen molar-refractivity contribution in [3.63, 3.8) is 0 Å². The first-order valence-electron chi connectivity index (χ1n) is 10.4. The van der Waals surface area contributed by atoms with Crippen molar-refractivity contribution < 1.29 is 18.0 Å². The summed E-state index contributed by atoms with van der Waals surface area (Å²) in [6, 6.07) is 14.3. The Kier molecular flexibility index (Phi) is 5.33. The summed E-state index contributed by atoms with van der Waals surface area (Å²) < 4.78 is 39.9. The second kappa shape index (κ2) is 8.32. The molecule has 2 aromatic heterocycles. The Morgan fingerprint density at radius 3 is 2.42 bits per heavy atom. The number of fused-ring (bicyclic) bond motifs is 1. The van der Waals surface area contributed by atoms with Crippen molar-refractivity contribution in [1.29, 1.82) is 0 Å². The van der Waals surface area contributed by atoms with Crippen LogP contribution in [0.3, 0.4) is 0 Å². The third kappa shape index (κ3) is 4.31. The number of alkyl halides is 3. The number of H-pyrrole nitrogens is 1. The van der Waals surface area contributed by atoms with Crippen LogP contribution < -0.4 is 0 Å². The zero-order valence-electron chi connectivity index (χ0n) is 17.5. The van der Waals surface area contributed by atoms with Crippen molar-refractivity contribution in [1.82, 2.24) is 35.0 Å². The number of rotatable bonds is 4. The molecule has 5 rings (SSSR count). The van der Waals surface area contributed by atoms with Crippen LogP contribution in [0, 0.1) is 0 Å². The molecule has 1 fully saturated rings. The first-order chi connectivity index (χ1) is 15.9. The minimum absolute atomic E-state index is 0.0413. The van der Waals surface area contributed by atoms with Crippen LogP contribution in [0.4, 0.5) is 13.2 Å². The average molecular weight is 455 g/mol. The van der Waals surface area contributed by atoms with Gasteiger partial charge < -0.3 is 9.88 Å². The number of aromatic amines is 1. The van der Waals surface area contributed by atoms with Gasteiger partial charge in [-0.25, -0.2) is 0 Å². The van der Waals surface area contributed by atoms with Gasteiger partial charge in [0.2, 0.25) is 0 Å². The van der Waals surface area contributed by atoms with Gasteiger partial charge in [-0.05, 0) is 46.8 Å². The predicted octanol–water partition coefficient (Wildman–Crippen LogP) is 3.12. The van der Waals surface area contributed by atoms with Crippen LogP contribution in [0.2, 0.25) is 0 Å². The molecule has 3 heterocycles. The summed E-state index contributed by atoms with van der Waals surface area (Å²) in [6.07, 6.45) is -4.40. The Labute approximate surface area is 186 Å². The van der Waals surface area contributed by atoms with Gasteiger partial charge >= 0.3 is 6.18 Å². The molecule has 0 aliphatic carbocycles. The van der Waals surface area contributed by atoms with E-state index in [0.29, 0.717) is 49.9 Å². The quantitative estimate of drug-likeness (QED) is 0.511. The summed E-state index contributed by atoms with van der Waals surface area (Å²) in [7, 11) is 0. The molecule has 0 spiro atoms. The van der Waals surface area contributed by atoms with Gasteiger partial charge in [0.25, 0.3) is 5.91 Å². The van der Waals surface area contributed by atoms with E-state index in [1.54, 1.807) is 4.90 Å². The number of halogens is 3. The standard InChI is InChI=1S/C22H20F3N7O/c23-22(24,25)16-5-7-17(8-6-16)32-20(27-28-29-32)14-30-9-11-31(12-10-30)21(33)19-13-15-3-1-2-4-18(15)26-19/h1-8,13,26H,9-12,14H2. The van der Waals surface area contributed by atoms with Crippen LogP contribution in [-0.2, 0) is 12.7 Å². The first-order valence-corrected chi connectivity index (χ1v) is 10.4. The minimum Gasteiger partial charge on any atom is -0.351 e. The molecule has 0 unspecified atom stereocenters. The molecule has 170 valence electrons. The number of nitrogens with one attached hydrogen (secondary N) is 1. The van der Waals surface area contributed by atoms with Crippen LogP contribution in [-0.4, -0.2) is 67.1 Å². The Balaban J connectivity index is 1.22. The molecule has 0 atom stereocenters. The number of hydrogen-bond donors (Lipinski definition) is 1. The predicted molar refractivity (Wildman–Crippen MR) is 114 cm³/mol. The van der Waals surface area contributed by atoms with E-state index in [9.17, 15) is 18.0 Å². The number of carbonyl (C=O) groups excluding carboxylic acids is 1. The van der Waals surface area contributed by atoms with Gasteiger partial charge in [-0.3, -0.25) is 9.69 Å². The number of benzene rings is 2. The molecule has 33 heavy (non-hydrogen) atoms. The van der Waals surface area contributed by atoms with E-state index < -0.39 is 11.7 Å². The van der Waals surface area contributed by atoms with Crippen molar-refractivity contribution in [2.24, 2.45) is 0 Å². The Morgan fingerprint density at radius 1 is 1.00 bits per heavy atom. The fraction of sp³-hybridized carbons (Fsp3) is 0.273. The summed E-state index contributed by atoms with van der Waals surface area (Å²) in [5.41, 5.74) is 1.22. The molecule has 1 saturated heterocycles. The third-order valence-electron chi connectivity index (χ3n) is 5.76. The van der Waals surface area contributed by atoms with Gasteiger partial charge in [0, 0.05) is 37.1 Å². The van der Waals surface area contributed by atoms with Crippen LogP contribution in [0.1, 0.15) is 21.9 Å². The average Bonchev–Trinajstić information content (AvgIpc) is 3.45. The van der Waals surface area contributed by atoms with Gasteiger partial charge in [0.1, 0.15) is 5.69 Å². The third-order valence-corrected chi connectivity index (χ3v) is 5.76. The number of para-hydroxylation sites is 1. The second-order valence-electron chi connectivity index (χ2n) is 7.89. The first kappa shape index (κ1) is 21.1. The fourth-order valence-corrected chi connectivity index (χ4v) is 3.96. The normalized spacial score (nSPS) is 15.3. The highest BCUT2D eigenvalue weighted by Crippen LogP contribution is 2.29. The van der Waals surface area contributed by atoms with Crippen LogP contribution >= 0.6 is 0 Å². The number of hydrogen-bond acceptors (Lipinski definition) is 5. The Bertz CT molecular complexity index is 1240. The zero-order valence-corrected chi connectivity index (χ0v) is 17.5. The van der Waals surface area contributed by atoms with Crippen molar-refractivity contribution in [2.75, 3.05) is 26.2 Å². The molecular weight excluding hydrogens is 435 g/mol. The number of tetrazole rings is 1. The van der Waals surface area contributed by atoms with Crippen molar-refractivity contribution in [3.05, 3.63) is 71.7 Å². The van der Waals surface area contributed by atoms with Gasteiger partial charge in [-0.1, -0.05) is 18.2 Å². The topological polar surface area (TPSA) is 82.9 Å². The highest BCUT2D eigenvalue weighted by Gasteiger charge is 2.30. The number of piperazine rings is 1. The highest BCUT2D eigenvalue weighted by atomic mass is 19.4. The number of nitrogens with zero attached hydrogens (tertiary/aromatic N) is 6. The number of carbonyl (C=O) groups is 1. The lowest BCUT2D eigenvalue weighted by Crippen LogP contribution is -2.48. The van der Waals surface area contributed by atoms with E-state index in [0.717, 1.165) is 23.0 Å². The monoisotopic (exact) mass is 455 g/mol. The Hall–Kier alpha value is -3.73. The smallest absolute Gasteiger partial charge is 0.351 e. The number of aromatic nitrogens is 5. The molecule has 0 bridgehead atoms. The molecule has 8 nitrogen and oxygen atoms in total. The maximum Gasteiger partial charge on any atom is 0.416 e. The van der Waals surface area contributed by atoms with E-state index in [2.05, 4.69) is 25.4 Å². The molecule has 1 aliphatic heterocycles. The molecule has 1 amide bonds. The summed E-state index contributed by atoms with van der Waals surface area (Å²) in [6.45, 7) is 2.78. The Morgan fingerprint density at radius 2 is 1.73 bits per heavy atom. The number of amides is 1. The molecule has 4 aromatic rings. The van der Waals surface area contributed by atoms with Gasteiger partial charge in [0.05, 0.1) is 17.8 Å². The lowest BCUT2D eigenvalue weighted by atomic mass is 10.2. The van der Waals surface area contributed by atoms with Crippen LogP contribution in [0.25, 0.3) is 16.6 Å². The lowest BCUT2D eigenvalue weighted by Gasteiger charge is -2.34.